The van der Waals surface area contributed by atoms with Gasteiger partial charge in [0.1, 0.15) is 5.82 Å². The normalized spacial score (nSPS) is 15.5. The summed E-state index contributed by atoms with van der Waals surface area (Å²) in [7, 11) is 1.90. The molecule has 1 fully saturated rings. The van der Waals surface area contributed by atoms with Gasteiger partial charge in [-0.2, -0.15) is 0 Å². The van der Waals surface area contributed by atoms with Crippen LogP contribution in [0.3, 0.4) is 0 Å². The Labute approximate surface area is 143 Å². The van der Waals surface area contributed by atoms with Crippen LogP contribution in [-0.2, 0) is 0 Å². The van der Waals surface area contributed by atoms with E-state index in [4.69, 9.17) is 0 Å². The number of rotatable bonds is 3. The first-order valence-electron chi connectivity index (χ1n) is 8.71. The summed E-state index contributed by atoms with van der Waals surface area (Å²) in [4.78, 5) is 14.8. The molecule has 24 heavy (non-hydrogen) atoms. The van der Waals surface area contributed by atoms with Crippen LogP contribution in [0.1, 0.15) is 53.8 Å². The fraction of sp³-hybridized carbons (Fsp3) is 0.450. The molecule has 0 atom stereocenters. The lowest BCUT2D eigenvalue weighted by atomic mass is 9.94. The molecule has 1 heterocycles. The minimum atomic E-state index is -0.279. The van der Waals surface area contributed by atoms with E-state index in [-0.39, 0.29) is 11.7 Å². The molecule has 1 saturated carbocycles. The Balaban J connectivity index is 1.94. The molecule has 1 aliphatic rings. The van der Waals surface area contributed by atoms with Crippen LogP contribution in [0.5, 0.6) is 0 Å². The second-order valence-corrected chi connectivity index (χ2v) is 6.78. The number of aryl methyl sites for hydroxylation is 1. The third kappa shape index (κ3) is 2.97. The average molecular weight is 328 g/mol. The zero-order valence-electron chi connectivity index (χ0n) is 14.7. The van der Waals surface area contributed by atoms with Gasteiger partial charge in [0.15, 0.2) is 0 Å². The molecule has 128 valence electrons. The zero-order valence-corrected chi connectivity index (χ0v) is 14.7. The summed E-state index contributed by atoms with van der Waals surface area (Å²) in [5.74, 6) is -0.239. The van der Waals surface area contributed by atoms with E-state index in [0.29, 0.717) is 17.3 Å². The maximum Gasteiger partial charge on any atom is 0.255 e. The van der Waals surface area contributed by atoms with Crippen LogP contribution in [0.4, 0.5) is 4.39 Å². The van der Waals surface area contributed by atoms with E-state index < -0.39 is 0 Å². The van der Waals surface area contributed by atoms with E-state index in [1.54, 1.807) is 12.1 Å². The molecule has 3 nitrogen and oxygen atoms in total. The van der Waals surface area contributed by atoms with Gasteiger partial charge in [-0.3, -0.25) is 4.79 Å². The number of carbonyl (C=O) groups excluding carboxylic acids is 1. The molecule has 4 heteroatoms. The Bertz CT molecular complexity index is 744. The summed E-state index contributed by atoms with van der Waals surface area (Å²) in [6.07, 6.45) is 5.80. The van der Waals surface area contributed by atoms with Gasteiger partial charge in [-0.1, -0.05) is 31.4 Å². The molecular weight excluding hydrogens is 303 g/mol. The first-order chi connectivity index (χ1) is 11.5. The fourth-order valence-electron chi connectivity index (χ4n) is 3.81. The SMILES string of the molecule is Cc1cc(C(=O)N(C)C2CCCCC2)c(C)n1-c1ccccc1F. The quantitative estimate of drug-likeness (QED) is 0.806. The zero-order chi connectivity index (χ0) is 17.3. The van der Waals surface area contributed by atoms with E-state index in [0.717, 1.165) is 24.2 Å². The van der Waals surface area contributed by atoms with Crippen molar-refractivity contribution in [1.29, 1.82) is 0 Å². The van der Waals surface area contributed by atoms with Crippen molar-refractivity contribution >= 4 is 5.91 Å². The Morgan fingerprint density at radius 3 is 2.50 bits per heavy atom. The van der Waals surface area contributed by atoms with Gasteiger partial charge in [0.25, 0.3) is 5.91 Å². The van der Waals surface area contributed by atoms with Gasteiger partial charge >= 0.3 is 0 Å². The lowest BCUT2D eigenvalue weighted by Gasteiger charge is -2.31. The maximum absolute atomic E-state index is 14.2. The third-order valence-electron chi connectivity index (χ3n) is 5.20. The Morgan fingerprint density at radius 1 is 1.17 bits per heavy atom. The van der Waals surface area contributed by atoms with E-state index in [9.17, 15) is 9.18 Å². The highest BCUT2D eigenvalue weighted by Crippen LogP contribution is 2.27. The molecule has 0 radical (unpaired) electrons. The van der Waals surface area contributed by atoms with Crippen LogP contribution >= 0.6 is 0 Å². The molecule has 0 saturated heterocycles. The molecule has 1 aromatic heterocycles. The number of hydrogen-bond donors (Lipinski definition) is 0. The van der Waals surface area contributed by atoms with Crippen LogP contribution < -0.4 is 0 Å². The van der Waals surface area contributed by atoms with Crippen molar-refractivity contribution in [1.82, 2.24) is 9.47 Å². The van der Waals surface area contributed by atoms with Crippen molar-refractivity contribution in [3.63, 3.8) is 0 Å². The van der Waals surface area contributed by atoms with Gasteiger partial charge in [0.05, 0.1) is 11.3 Å². The molecular formula is C20H25FN2O. The molecule has 0 bridgehead atoms. The minimum Gasteiger partial charge on any atom is -0.339 e. The predicted molar refractivity (Wildman–Crippen MR) is 94.2 cm³/mol. The van der Waals surface area contributed by atoms with Crippen molar-refractivity contribution in [2.75, 3.05) is 7.05 Å². The number of nitrogens with zero attached hydrogens (tertiary/aromatic N) is 2. The summed E-state index contributed by atoms with van der Waals surface area (Å²) in [6.45, 7) is 3.80. The van der Waals surface area contributed by atoms with Crippen LogP contribution in [0, 0.1) is 19.7 Å². The fourth-order valence-corrected chi connectivity index (χ4v) is 3.81. The molecule has 3 rings (SSSR count). The van der Waals surface area contributed by atoms with E-state index >= 15 is 0 Å². The smallest absolute Gasteiger partial charge is 0.255 e. The van der Waals surface area contributed by atoms with Crippen molar-refractivity contribution < 1.29 is 9.18 Å². The van der Waals surface area contributed by atoms with E-state index in [1.807, 2.05) is 42.5 Å². The first kappa shape index (κ1) is 16.7. The van der Waals surface area contributed by atoms with Gasteiger partial charge in [-0.05, 0) is 44.9 Å². The summed E-state index contributed by atoms with van der Waals surface area (Å²) < 4.78 is 16.0. The van der Waals surface area contributed by atoms with Crippen LogP contribution in [0.2, 0.25) is 0 Å². The summed E-state index contributed by atoms with van der Waals surface area (Å²) >= 11 is 0. The lowest BCUT2D eigenvalue weighted by molar-refractivity contribution is 0.0695. The highest BCUT2D eigenvalue weighted by Gasteiger charge is 2.26. The number of benzene rings is 1. The van der Waals surface area contributed by atoms with Gasteiger partial charge in [-0.25, -0.2) is 4.39 Å². The largest absolute Gasteiger partial charge is 0.339 e. The first-order valence-corrected chi connectivity index (χ1v) is 8.71. The van der Waals surface area contributed by atoms with Crippen molar-refractivity contribution in [2.24, 2.45) is 0 Å². The Hall–Kier alpha value is -2.10. The Morgan fingerprint density at radius 2 is 1.83 bits per heavy atom. The second kappa shape index (κ2) is 6.80. The molecule has 1 aliphatic carbocycles. The highest BCUT2D eigenvalue weighted by molar-refractivity contribution is 5.96. The maximum atomic E-state index is 14.2. The number of hydrogen-bond acceptors (Lipinski definition) is 1. The van der Waals surface area contributed by atoms with Gasteiger partial charge < -0.3 is 9.47 Å². The average Bonchev–Trinajstić information content (AvgIpc) is 2.89. The number of halogens is 1. The standard InChI is InChI=1S/C20H25FN2O/c1-14-13-17(20(24)22(3)16-9-5-4-6-10-16)15(2)23(14)19-12-8-7-11-18(19)21/h7-8,11-13,16H,4-6,9-10H2,1-3H3. The number of carbonyl (C=O) groups is 1. The minimum absolute atomic E-state index is 0.0394. The second-order valence-electron chi connectivity index (χ2n) is 6.78. The molecule has 0 N–H and O–H groups in total. The number of para-hydroxylation sites is 1. The molecule has 1 amide bonds. The topological polar surface area (TPSA) is 25.2 Å². The van der Waals surface area contributed by atoms with Crippen molar-refractivity contribution in [3.05, 3.63) is 53.1 Å². The summed E-state index contributed by atoms with van der Waals surface area (Å²) in [5.41, 5.74) is 2.83. The third-order valence-corrected chi connectivity index (χ3v) is 5.20. The summed E-state index contributed by atoms with van der Waals surface area (Å²) in [6, 6.07) is 8.88. The summed E-state index contributed by atoms with van der Waals surface area (Å²) in [5, 5.41) is 0. The molecule has 0 aliphatic heterocycles. The predicted octanol–water partition coefficient (Wildman–Crippen LogP) is 4.64. The molecule has 0 spiro atoms. The lowest BCUT2D eigenvalue weighted by Crippen LogP contribution is -2.38. The van der Waals surface area contributed by atoms with Gasteiger partial charge in [0.2, 0.25) is 0 Å². The van der Waals surface area contributed by atoms with Crippen LogP contribution in [-0.4, -0.2) is 28.5 Å². The monoisotopic (exact) mass is 328 g/mol. The van der Waals surface area contributed by atoms with Crippen LogP contribution in [0.25, 0.3) is 5.69 Å². The van der Waals surface area contributed by atoms with Gasteiger partial charge in [-0.15, -0.1) is 0 Å². The van der Waals surface area contributed by atoms with Gasteiger partial charge in [0, 0.05) is 24.5 Å². The van der Waals surface area contributed by atoms with E-state index in [2.05, 4.69) is 0 Å². The van der Waals surface area contributed by atoms with Crippen LogP contribution in [0.15, 0.2) is 30.3 Å². The molecule has 2 aromatic rings. The van der Waals surface area contributed by atoms with Crippen molar-refractivity contribution in [2.45, 2.75) is 52.0 Å². The van der Waals surface area contributed by atoms with E-state index in [1.165, 1.54) is 25.3 Å². The molecule has 0 unspecified atom stereocenters. The number of amides is 1. The molecule has 1 aromatic carbocycles. The van der Waals surface area contributed by atoms with Crippen molar-refractivity contribution in [3.8, 4) is 5.69 Å². The Kier molecular flexibility index (Phi) is 4.74. The highest BCUT2D eigenvalue weighted by atomic mass is 19.1. The number of aromatic nitrogens is 1.